The van der Waals surface area contributed by atoms with Crippen LogP contribution < -0.4 is 16.4 Å². The number of rotatable bonds is 5. The van der Waals surface area contributed by atoms with Gasteiger partial charge >= 0.3 is 0 Å². The van der Waals surface area contributed by atoms with E-state index in [2.05, 4.69) is 35.3 Å². The van der Waals surface area contributed by atoms with Crippen LogP contribution >= 0.6 is 27.7 Å². The highest BCUT2D eigenvalue weighted by Gasteiger charge is 2.15. The van der Waals surface area contributed by atoms with Crippen LogP contribution in [0.15, 0.2) is 46.9 Å². The minimum absolute atomic E-state index is 0.0310. The first-order chi connectivity index (χ1) is 11.6. The molecule has 9 heteroatoms. The molecule has 7 nitrogen and oxygen atoms in total. The van der Waals surface area contributed by atoms with Crippen LogP contribution in [0.1, 0.15) is 10.4 Å². The van der Waals surface area contributed by atoms with Crippen molar-refractivity contribution in [1.82, 2.24) is 8.75 Å². The molecule has 1 aromatic heterocycles. The molecule has 0 aliphatic heterocycles. The predicted octanol–water partition coefficient (Wildman–Crippen LogP) is 3.59. The Labute approximate surface area is 150 Å². The molecule has 0 radical (unpaired) electrons. The van der Waals surface area contributed by atoms with Gasteiger partial charge in [0.25, 0.3) is 5.91 Å². The molecule has 0 aliphatic rings. The van der Waals surface area contributed by atoms with Crippen LogP contribution in [0.3, 0.4) is 0 Å². The Morgan fingerprint density at radius 2 is 1.67 bits per heavy atom. The zero-order chi connectivity index (χ0) is 17.1. The number of phenols is 1. The molecule has 2 aromatic carbocycles. The van der Waals surface area contributed by atoms with Gasteiger partial charge in [-0.1, -0.05) is 18.2 Å². The van der Waals surface area contributed by atoms with Gasteiger partial charge in [0, 0.05) is 4.47 Å². The lowest BCUT2D eigenvalue weighted by atomic mass is 10.1. The summed E-state index contributed by atoms with van der Waals surface area (Å²) in [5.74, 6) is -0.0209. The van der Waals surface area contributed by atoms with E-state index in [0.717, 1.165) is 21.9 Å². The summed E-state index contributed by atoms with van der Waals surface area (Å²) in [4.78, 5) is 11.3. The fourth-order valence-corrected chi connectivity index (χ4v) is 2.87. The number of nitrogens with zero attached hydrogens (tertiary/aromatic N) is 2. The highest BCUT2D eigenvalue weighted by molar-refractivity contribution is 9.10. The number of para-hydroxylation sites is 2. The summed E-state index contributed by atoms with van der Waals surface area (Å²) in [6, 6.07) is 12.3. The summed E-state index contributed by atoms with van der Waals surface area (Å²) in [5.41, 5.74) is 6.40. The van der Waals surface area contributed by atoms with Crippen molar-refractivity contribution in [3.8, 4) is 5.75 Å². The van der Waals surface area contributed by atoms with Crippen molar-refractivity contribution in [2.45, 2.75) is 0 Å². The number of hydrogen-bond acceptors (Lipinski definition) is 7. The van der Waals surface area contributed by atoms with E-state index in [1.807, 2.05) is 24.3 Å². The van der Waals surface area contributed by atoms with Gasteiger partial charge in [0.2, 0.25) is 0 Å². The van der Waals surface area contributed by atoms with Gasteiger partial charge < -0.3 is 21.5 Å². The number of primary amides is 1. The second-order valence-electron chi connectivity index (χ2n) is 4.76. The van der Waals surface area contributed by atoms with Crippen LogP contribution in [0, 0.1) is 0 Å². The number of carbonyl (C=O) groups excluding carboxylic acids is 1. The van der Waals surface area contributed by atoms with E-state index >= 15 is 0 Å². The highest BCUT2D eigenvalue weighted by atomic mass is 79.9. The minimum Gasteiger partial charge on any atom is -0.505 e. The maximum atomic E-state index is 11.3. The van der Waals surface area contributed by atoms with Crippen molar-refractivity contribution >= 4 is 56.6 Å². The van der Waals surface area contributed by atoms with Gasteiger partial charge in [-0.05, 0) is 40.2 Å². The Hall–Kier alpha value is -2.65. The van der Waals surface area contributed by atoms with Crippen LogP contribution in [-0.4, -0.2) is 19.8 Å². The molecule has 1 amide bonds. The molecule has 0 aliphatic carbocycles. The van der Waals surface area contributed by atoms with Gasteiger partial charge in [0.15, 0.2) is 17.4 Å². The highest BCUT2D eigenvalue weighted by Crippen LogP contribution is 2.34. The Morgan fingerprint density at radius 1 is 1.04 bits per heavy atom. The molecule has 5 N–H and O–H groups in total. The van der Waals surface area contributed by atoms with Crippen molar-refractivity contribution in [2.24, 2.45) is 5.73 Å². The molecule has 24 heavy (non-hydrogen) atoms. The number of hydrogen-bond donors (Lipinski definition) is 4. The molecule has 0 atom stereocenters. The molecule has 0 saturated heterocycles. The molecular formula is C15H12BrN5O2S. The van der Waals surface area contributed by atoms with Gasteiger partial charge in [0.05, 0.1) is 28.7 Å². The lowest BCUT2D eigenvalue weighted by Crippen LogP contribution is -2.11. The number of aromatic nitrogens is 2. The van der Waals surface area contributed by atoms with E-state index in [-0.39, 0.29) is 11.3 Å². The zero-order valence-corrected chi connectivity index (χ0v) is 14.6. The van der Waals surface area contributed by atoms with E-state index in [0.29, 0.717) is 17.3 Å². The van der Waals surface area contributed by atoms with Crippen LogP contribution in [0.4, 0.5) is 23.0 Å². The summed E-state index contributed by atoms with van der Waals surface area (Å²) < 4.78 is 9.24. The van der Waals surface area contributed by atoms with Crippen LogP contribution in [0.5, 0.6) is 5.75 Å². The van der Waals surface area contributed by atoms with E-state index in [9.17, 15) is 9.90 Å². The van der Waals surface area contributed by atoms with E-state index in [1.165, 1.54) is 6.07 Å². The van der Waals surface area contributed by atoms with Crippen molar-refractivity contribution in [1.29, 1.82) is 0 Å². The standard InChI is InChI=1S/C15H12BrN5O2S/c16-9-5-1-2-6-10(9)18-14-15(21-24-20-14)19-11-7-3-4-8(12(11)22)13(17)23/h1-7,22H,(H2,17,23)(H,18,20)(H,19,21). The van der Waals surface area contributed by atoms with E-state index in [1.54, 1.807) is 12.1 Å². The first-order valence-corrected chi connectivity index (χ1v) is 8.31. The molecule has 0 saturated carbocycles. The topological polar surface area (TPSA) is 113 Å². The van der Waals surface area contributed by atoms with Crippen LogP contribution in [0.25, 0.3) is 0 Å². The number of carbonyl (C=O) groups is 1. The number of aromatic hydroxyl groups is 1. The third-order valence-electron chi connectivity index (χ3n) is 3.17. The Morgan fingerprint density at radius 3 is 2.33 bits per heavy atom. The summed E-state index contributed by atoms with van der Waals surface area (Å²) >= 11 is 4.46. The SMILES string of the molecule is NC(=O)c1cccc(Nc2nsnc2Nc2ccccc2Br)c1O. The fourth-order valence-electron chi connectivity index (χ4n) is 2.01. The van der Waals surface area contributed by atoms with Gasteiger partial charge in [-0.2, -0.15) is 8.75 Å². The summed E-state index contributed by atoms with van der Waals surface area (Å²) in [7, 11) is 0. The number of nitrogens with one attached hydrogen (secondary N) is 2. The predicted molar refractivity (Wildman–Crippen MR) is 97.2 cm³/mol. The Bertz CT molecular complexity index is 899. The third-order valence-corrected chi connectivity index (χ3v) is 4.39. The van der Waals surface area contributed by atoms with E-state index < -0.39 is 5.91 Å². The quantitative estimate of drug-likeness (QED) is 0.482. The van der Waals surface area contributed by atoms with Gasteiger partial charge in [-0.15, -0.1) is 0 Å². The second kappa shape index (κ2) is 6.85. The molecule has 3 aromatic rings. The van der Waals surface area contributed by atoms with Crippen molar-refractivity contribution in [3.63, 3.8) is 0 Å². The maximum Gasteiger partial charge on any atom is 0.252 e. The summed E-state index contributed by atoms with van der Waals surface area (Å²) in [6.45, 7) is 0. The van der Waals surface area contributed by atoms with Crippen molar-refractivity contribution < 1.29 is 9.90 Å². The fraction of sp³-hybridized carbons (Fsp3) is 0. The molecule has 122 valence electrons. The van der Waals surface area contributed by atoms with Crippen LogP contribution in [-0.2, 0) is 0 Å². The summed E-state index contributed by atoms with van der Waals surface area (Å²) in [5, 5.41) is 16.3. The average Bonchev–Trinajstić information content (AvgIpc) is 2.98. The first-order valence-electron chi connectivity index (χ1n) is 6.79. The largest absolute Gasteiger partial charge is 0.505 e. The maximum absolute atomic E-state index is 11.3. The molecule has 3 rings (SSSR count). The molecule has 0 fully saturated rings. The Balaban J connectivity index is 1.88. The monoisotopic (exact) mass is 405 g/mol. The number of benzene rings is 2. The van der Waals surface area contributed by atoms with Gasteiger partial charge in [-0.3, -0.25) is 4.79 Å². The second-order valence-corrected chi connectivity index (χ2v) is 6.14. The Kier molecular flexibility index (Phi) is 4.63. The smallest absolute Gasteiger partial charge is 0.252 e. The number of anilines is 4. The average molecular weight is 406 g/mol. The van der Waals surface area contributed by atoms with Crippen molar-refractivity contribution in [3.05, 3.63) is 52.5 Å². The minimum atomic E-state index is -0.709. The first kappa shape index (κ1) is 16.2. The molecule has 1 heterocycles. The third kappa shape index (κ3) is 3.31. The van der Waals surface area contributed by atoms with Gasteiger partial charge in [0.1, 0.15) is 0 Å². The molecular weight excluding hydrogens is 394 g/mol. The number of nitrogens with two attached hydrogens (primary N) is 1. The number of amides is 1. The molecule has 0 bridgehead atoms. The van der Waals surface area contributed by atoms with E-state index in [4.69, 9.17) is 5.73 Å². The number of halogens is 1. The lowest BCUT2D eigenvalue weighted by Gasteiger charge is -2.11. The van der Waals surface area contributed by atoms with Crippen molar-refractivity contribution in [2.75, 3.05) is 10.6 Å². The lowest BCUT2D eigenvalue weighted by molar-refractivity contribution is 0.0998. The van der Waals surface area contributed by atoms with Gasteiger partial charge in [-0.25, -0.2) is 0 Å². The molecule has 0 spiro atoms. The molecule has 0 unspecified atom stereocenters. The van der Waals surface area contributed by atoms with Crippen LogP contribution in [0.2, 0.25) is 0 Å². The summed E-state index contributed by atoms with van der Waals surface area (Å²) in [6.07, 6.45) is 0. The normalized spacial score (nSPS) is 10.4. The zero-order valence-electron chi connectivity index (χ0n) is 12.2.